The van der Waals surface area contributed by atoms with Gasteiger partial charge in [-0.05, 0) is 54.1 Å². The Labute approximate surface area is 178 Å². The van der Waals surface area contributed by atoms with Crippen molar-refractivity contribution in [2.75, 3.05) is 7.11 Å². The molecule has 0 fully saturated rings. The molecule has 0 aliphatic rings. The lowest BCUT2D eigenvalue weighted by Gasteiger charge is -2.13. The summed E-state index contributed by atoms with van der Waals surface area (Å²) in [5, 5.41) is 7.74. The molecule has 158 valence electrons. The first-order valence-corrected chi connectivity index (χ1v) is 9.67. The van der Waals surface area contributed by atoms with Crippen LogP contribution in [0.2, 0.25) is 0 Å². The summed E-state index contributed by atoms with van der Waals surface area (Å²) in [6.07, 6.45) is 0. The maximum Gasteiger partial charge on any atom is 0.368 e. The van der Waals surface area contributed by atoms with Gasteiger partial charge < -0.3 is 9.47 Å². The van der Waals surface area contributed by atoms with Crippen LogP contribution in [0.25, 0.3) is 16.9 Å². The summed E-state index contributed by atoms with van der Waals surface area (Å²) in [7, 11) is 3.14. The number of nitrogens with zero attached hydrogens (tertiary/aromatic N) is 6. The molecule has 0 spiro atoms. The zero-order valence-electron chi connectivity index (χ0n) is 17.7. The molecule has 3 heterocycles. The van der Waals surface area contributed by atoms with Crippen LogP contribution in [0.15, 0.2) is 53.3 Å². The highest BCUT2D eigenvalue weighted by molar-refractivity contribution is 5.65. The fourth-order valence-electron chi connectivity index (χ4n) is 3.21. The Morgan fingerprint density at radius 2 is 1.77 bits per heavy atom. The average molecular weight is 418 g/mol. The molecule has 9 heteroatoms. The highest BCUT2D eigenvalue weighted by Gasteiger charge is 2.15. The summed E-state index contributed by atoms with van der Waals surface area (Å²) in [5.74, 6) is 0.952. The van der Waals surface area contributed by atoms with Crippen LogP contribution in [0.1, 0.15) is 16.8 Å². The molecule has 0 radical (unpaired) electrons. The fraction of sp³-hybridized carbons (Fsp3) is 0.227. The molecule has 0 saturated heterocycles. The Balaban J connectivity index is 1.64. The Kier molecular flexibility index (Phi) is 5.48. The molecule has 0 bridgehead atoms. The van der Waals surface area contributed by atoms with Gasteiger partial charge in [0.2, 0.25) is 11.8 Å². The van der Waals surface area contributed by atoms with E-state index in [1.165, 1.54) is 9.36 Å². The van der Waals surface area contributed by atoms with Crippen molar-refractivity contribution in [3.05, 3.63) is 75.8 Å². The molecule has 0 aliphatic carbocycles. The van der Waals surface area contributed by atoms with Crippen molar-refractivity contribution in [2.24, 2.45) is 7.05 Å². The number of tetrazole rings is 1. The maximum atomic E-state index is 12.3. The Morgan fingerprint density at radius 3 is 2.52 bits per heavy atom. The quantitative estimate of drug-likeness (QED) is 0.475. The van der Waals surface area contributed by atoms with Crippen LogP contribution in [0.4, 0.5) is 0 Å². The van der Waals surface area contributed by atoms with E-state index >= 15 is 0 Å². The predicted octanol–water partition coefficient (Wildman–Crippen LogP) is 2.63. The standard InChI is InChI=1S/C22H22N6O3/c1-14-7-5-9-19(28-22(29)27(3)25-26-28)17(14)13-31-20-10-6-8-18(24-20)16-12-11-15(2)23-21(16)30-4/h5-12H,13H2,1-4H3. The lowest BCUT2D eigenvalue weighted by Crippen LogP contribution is -2.23. The molecule has 0 amide bonds. The third kappa shape index (κ3) is 4.02. The number of aryl methyl sites for hydroxylation is 3. The van der Waals surface area contributed by atoms with E-state index in [9.17, 15) is 4.79 Å². The van der Waals surface area contributed by atoms with E-state index in [0.717, 1.165) is 22.4 Å². The van der Waals surface area contributed by atoms with Crippen molar-refractivity contribution in [3.8, 4) is 28.7 Å². The van der Waals surface area contributed by atoms with E-state index in [4.69, 9.17) is 9.47 Å². The average Bonchev–Trinajstić information content (AvgIpc) is 3.11. The zero-order valence-corrected chi connectivity index (χ0v) is 17.7. The predicted molar refractivity (Wildman–Crippen MR) is 114 cm³/mol. The Morgan fingerprint density at radius 1 is 0.968 bits per heavy atom. The molecular weight excluding hydrogens is 396 g/mol. The molecule has 4 rings (SSSR count). The van der Waals surface area contributed by atoms with Gasteiger partial charge in [-0.15, -0.1) is 0 Å². The van der Waals surface area contributed by atoms with Crippen LogP contribution in [-0.2, 0) is 13.7 Å². The van der Waals surface area contributed by atoms with Crippen LogP contribution in [0.3, 0.4) is 0 Å². The van der Waals surface area contributed by atoms with Crippen molar-refractivity contribution >= 4 is 0 Å². The van der Waals surface area contributed by atoms with Gasteiger partial charge in [-0.25, -0.2) is 14.8 Å². The van der Waals surface area contributed by atoms with Crippen LogP contribution in [0.5, 0.6) is 11.8 Å². The van der Waals surface area contributed by atoms with E-state index in [2.05, 4.69) is 20.4 Å². The molecular formula is C22H22N6O3. The molecule has 0 N–H and O–H groups in total. The minimum Gasteiger partial charge on any atom is -0.480 e. The fourth-order valence-corrected chi connectivity index (χ4v) is 3.21. The molecule has 31 heavy (non-hydrogen) atoms. The summed E-state index contributed by atoms with van der Waals surface area (Å²) < 4.78 is 13.8. The van der Waals surface area contributed by atoms with Gasteiger partial charge in [0.1, 0.15) is 6.61 Å². The molecule has 0 atom stereocenters. The molecule has 0 saturated carbocycles. The number of ether oxygens (including phenoxy) is 2. The number of benzene rings is 1. The topological polar surface area (TPSA) is 97.0 Å². The molecule has 4 aromatic rings. The van der Waals surface area contributed by atoms with Crippen LogP contribution < -0.4 is 15.2 Å². The Bertz CT molecular complexity index is 1290. The van der Waals surface area contributed by atoms with Gasteiger partial charge in [0.25, 0.3) is 0 Å². The second kappa shape index (κ2) is 8.39. The van der Waals surface area contributed by atoms with Crippen LogP contribution in [0, 0.1) is 13.8 Å². The first kappa shape index (κ1) is 20.3. The molecule has 0 unspecified atom stereocenters. The number of pyridine rings is 2. The zero-order chi connectivity index (χ0) is 22.0. The third-order valence-corrected chi connectivity index (χ3v) is 4.89. The van der Waals surface area contributed by atoms with E-state index in [1.807, 2.05) is 56.3 Å². The van der Waals surface area contributed by atoms with E-state index < -0.39 is 0 Å². The summed E-state index contributed by atoms with van der Waals surface area (Å²) in [6.45, 7) is 4.07. The summed E-state index contributed by atoms with van der Waals surface area (Å²) in [6, 6.07) is 15.0. The highest BCUT2D eigenvalue weighted by atomic mass is 16.5. The number of methoxy groups -OCH3 is 1. The summed E-state index contributed by atoms with van der Waals surface area (Å²) in [5.41, 5.74) is 4.42. The third-order valence-electron chi connectivity index (χ3n) is 4.89. The van der Waals surface area contributed by atoms with Gasteiger partial charge in [-0.3, -0.25) is 0 Å². The minimum absolute atomic E-state index is 0.213. The smallest absolute Gasteiger partial charge is 0.368 e. The minimum atomic E-state index is -0.328. The molecule has 1 aromatic carbocycles. The second-order valence-corrected chi connectivity index (χ2v) is 7.03. The van der Waals surface area contributed by atoms with E-state index in [0.29, 0.717) is 23.1 Å². The normalized spacial score (nSPS) is 10.8. The lowest BCUT2D eigenvalue weighted by molar-refractivity contribution is 0.293. The number of rotatable bonds is 6. The van der Waals surface area contributed by atoms with E-state index in [1.54, 1.807) is 20.2 Å². The number of hydrogen-bond acceptors (Lipinski definition) is 7. The van der Waals surface area contributed by atoms with Crippen molar-refractivity contribution in [2.45, 2.75) is 20.5 Å². The maximum absolute atomic E-state index is 12.3. The molecule has 9 nitrogen and oxygen atoms in total. The van der Waals surface area contributed by atoms with E-state index in [-0.39, 0.29) is 12.3 Å². The number of aromatic nitrogens is 6. The largest absolute Gasteiger partial charge is 0.480 e. The summed E-state index contributed by atoms with van der Waals surface area (Å²) in [4.78, 5) is 21.3. The van der Waals surface area contributed by atoms with Gasteiger partial charge in [0, 0.05) is 24.4 Å². The van der Waals surface area contributed by atoms with Crippen molar-refractivity contribution in [1.82, 2.24) is 29.8 Å². The van der Waals surface area contributed by atoms with Crippen molar-refractivity contribution in [3.63, 3.8) is 0 Å². The van der Waals surface area contributed by atoms with Crippen molar-refractivity contribution in [1.29, 1.82) is 0 Å². The van der Waals surface area contributed by atoms with Crippen LogP contribution in [-0.4, -0.2) is 36.9 Å². The lowest BCUT2D eigenvalue weighted by atomic mass is 10.1. The first-order valence-electron chi connectivity index (χ1n) is 9.67. The van der Waals surface area contributed by atoms with Gasteiger partial charge in [-0.2, -0.15) is 9.36 Å². The van der Waals surface area contributed by atoms with Crippen molar-refractivity contribution < 1.29 is 9.47 Å². The first-order chi connectivity index (χ1) is 15.0. The van der Waals surface area contributed by atoms with Gasteiger partial charge >= 0.3 is 5.69 Å². The van der Waals surface area contributed by atoms with Gasteiger partial charge in [0.05, 0.1) is 24.1 Å². The molecule has 3 aromatic heterocycles. The summed E-state index contributed by atoms with van der Waals surface area (Å²) >= 11 is 0. The number of hydrogen-bond donors (Lipinski definition) is 0. The molecule has 0 aliphatic heterocycles. The van der Waals surface area contributed by atoms with Gasteiger partial charge in [0.15, 0.2) is 0 Å². The Hall–Kier alpha value is -4.01. The monoisotopic (exact) mass is 418 g/mol. The SMILES string of the molecule is COc1nc(C)ccc1-c1cccc(OCc2c(C)cccc2-n2nnn(C)c2=O)n1. The second-order valence-electron chi connectivity index (χ2n) is 7.03. The van der Waals surface area contributed by atoms with Crippen LogP contribution >= 0.6 is 0 Å². The highest BCUT2D eigenvalue weighted by Crippen LogP contribution is 2.28. The van der Waals surface area contributed by atoms with Gasteiger partial charge in [-0.1, -0.05) is 18.2 Å².